The minimum Gasteiger partial charge on any atom is -0.365 e. The van der Waals surface area contributed by atoms with Crippen molar-refractivity contribution in [3.63, 3.8) is 0 Å². The molecule has 2 heterocycles. The number of anilines is 1. The third-order valence-corrected chi connectivity index (χ3v) is 4.12. The Bertz CT molecular complexity index is 799. The van der Waals surface area contributed by atoms with E-state index in [1.165, 1.54) is 0 Å². The van der Waals surface area contributed by atoms with Gasteiger partial charge in [-0.3, -0.25) is 4.79 Å². The van der Waals surface area contributed by atoms with Crippen LogP contribution in [-0.2, 0) is 6.42 Å². The Labute approximate surface area is 142 Å². The summed E-state index contributed by atoms with van der Waals surface area (Å²) >= 11 is 0. The van der Waals surface area contributed by atoms with Gasteiger partial charge in [-0.1, -0.05) is 19.9 Å². The lowest BCUT2D eigenvalue weighted by molar-refractivity contribution is 0.0911. The van der Waals surface area contributed by atoms with Crippen LogP contribution in [0.15, 0.2) is 18.7 Å². The van der Waals surface area contributed by atoms with E-state index in [0.29, 0.717) is 30.3 Å². The van der Waals surface area contributed by atoms with Crippen molar-refractivity contribution in [3.8, 4) is 5.95 Å². The van der Waals surface area contributed by atoms with Crippen LogP contribution in [0.5, 0.6) is 0 Å². The largest absolute Gasteiger partial charge is 0.365 e. The van der Waals surface area contributed by atoms with Crippen molar-refractivity contribution in [3.05, 3.63) is 41.4 Å². The van der Waals surface area contributed by atoms with E-state index in [-0.39, 0.29) is 11.2 Å². The minimum absolute atomic E-state index is 0.101. The van der Waals surface area contributed by atoms with Gasteiger partial charge in [0.15, 0.2) is 11.6 Å². The van der Waals surface area contributed by atoms with Gasteiger partial charge in [0.05, 0.1) is 11.3 Å². The van der Waals surface area contributed by atoms with Crippen molar-refractivity contribution in [2.75, 3.05) is 11.9 Å². The number of hydrogen-bond acceptors (Lipinski definition) is 5. The Kier molecular flexibility index (Phi) is 3.99. The van der Waals surface area contributed by atoms with Crippen LogP contribution in [-0.4, -0.2) is 32.1 Å². The number of fused-ring (bicyclic) bond motifs is 1. The first kappa shape index (κ1) is 16.4. The molecule has 6 nitrogen and oxygen atoms in total. The fraction of sp³-hybridized carbons (Fsp3) is 0.444. The lowest BCUT2D eigenvalue weighted by Crippen LogP contribution is -2.28. The van der Waals surface area contributed by atoms with Gasteiger partial charge in [0.1, 0.15) is 0 Å². The number of ketones is 1. The summed E-state index contributed by atoms with van der Waals surface area (Å²) in [6, 6.07) is 1.92. The molecule has 0 amide bonds. The zero-order valence-corrected chi connectivity index (χ0v) is 14.7. The number of carbonyl (C=O) groups excluding carboxylic acids is 1. The monoisotopic (exact) mass is 325 g/mol. The average molecular weight is 325 g/mol. The number of aryl methyl sites for hydroxylation is 2. The molecule has 0 fully saturated rings. The first-order valence-corrected chi connectivity index (χ1v) is 8.13. The van der Waals surface area contributed by atoms with E-state index in [9.17, 15) is 4.79 Å². The molecule has 0 aliphatic heterocycles. The number of nitrogens with one attached hydrogen (secondary N) is 1. The first-order valence-electron chi connectivity index (χ1n) is 8.13. The van der Waals surface area contributed by atoms with Crippen molar-refractivity contribution in [1.82, 2.24) is 19.7 Å². The highest BCUT2D eigenvalue weighted by Crippen LogP contribution is 2.38. The van der Waals surface area contributed by atoms with Gasteiger partial charge in [-0.25, -0.2) is 14.6 Å². The molecule has 0 saturated heterocycles. The Hall–Kier alpha value is -2.50. The number of nitrogens with zero attached hydrogens (tertiary/aromatic N) is 4. The molecule has 126 valence electrons. The Morgan fingerprint density at radius 1 is 1.29 bits per heavy atom. The van der Waals surface area contributed by atoms with E-state index in [1.54, 1.807) is 10.8 Å². The molecule has 1 aliphatic rings. The van der Waals surface area contributed by atoms with Crippen molar-refractivity contribution in [2.24, 2.45) is 5.41 Å². The third-order valence-electron chi connectivity index (χ3n) is 4.12. The minimum atomic E-state index is -0.101. The Morgan fingerprint density at radius 3 is 2.58 bits per heavy atom. The standard InChI is InChI=1S/C18H23N5O/c1-6-7-19-16-15-13(9-18(4,5)10-14(15)24)23(22-16)17-20-11(2)8-12(3)21-17/h6,8H,1,7,9-10H2,2-5H3,(H,19,22). The average Bonchev–Trinajstić information content (AvgIpc) is 2.81. The van der Waals surface area contributed by atoms with E-state index in [2.05, 4.69) is 40.8 Å². The predicted molar refractivity (Wildman–Crippen MR) is 93.7 cm³/mol. The number of carbonyl (C=O) groups is 1. The number of aromatic nitrogens is 4. The fourth-order valence-electron chi connectivity index (χ4n) is 3.21. The molecule has 2 aromatic heterocycles. The summed E-state index contributed by atoms with van der Waals surface area (Å²) in [6.07, 6.45) is 3.02. The SMILES string of the molecule is C=CCNc1nn(-c2nc(C)cc(C)n2)c2c1C(=O)CC(C)(C)C2. The lowest BCUT2D eigenvalue weighted by atomic mass is 9.76. The van der Waals surface area contributed by atoms with Gasteiger partial charge >= 0.3 is 0 Å². The highest BCUT2D eigenvalue weighted by atomic mass is 16.1. The van der Waals surface area contributed by atoms with Crippen LogP contribution in [0, 0.1) is 19.3 Å². The molecule has 0 unspecified atom stereocenters. The maximum Gasteiger partial charge on any atom is 0.251 e. The summed E-state index contributed by atoms with van der Waals surface area (Å²) in [6.45, 7) is 12.3. The normalized spacial score (nSPS) is 15.9. The molecule has 6 heteroatoms. The van der Waals surface area contributed by atoms with E-state index in [4.69, 9.17) is 0 Å². The summed E-state index contributed by atoms with van der Waals surface area (Å²) < 4.78 is 1.72. The third kappa shape index (κ3) is 2.96. The summed E-state index contributed by atoms with van der Waals surface area (Å²) in [5, 5.41) is 7.78. The Balaban J connectivity index is 2.19. The molecule has 1 aliphatic carbocycles. The smallest absolute Gasteiger partial charge is 0.251 e. The van der Waals surface area contributed by atoms with Crippen LogP contribution in [0.25, 0.3) is 5.95 Å². The molecule has 0 radical (unpaired) electrons. The molecular formula is C18H23N5O. The van der Waals surface area contributed by atoms with Crippen molar-refractivity contribution >= 4 is 11.6 Å². The van der Waals surface area contributed by atoms with Crippen LogP contribution in [0.1, 0.15) is 47.7 Å². The molecular weight excluding hydrogens is 302 g/mol. The topological polar surface area (TPSA) is 72.7 Å². The van der Waals surface area contributed by atoms with Crippen LogP contribution in [0.3, 0.4) is 0 Å². The summed E-state index contributed by atoms with van der Waals surface area (Å²) in [5.41, 5.74) is 3.20. The highest BCUT2D eigenvalue weighted by molar-refractivity contribution is 6.03. The summed E-state index contributed by atoms with van der Waals surface area (Å²) in [5.74, 6) is 1.22. The van der Waals surface area contributed by atoms with Gasteiger partial charge in [-0.05, 0) is 31.7 Å². The molecule has 0 spiro atoms. The van der Waals surface area contributed by atoms with Gasteiger partial charge in [-0.15, -0.1) is 11.7 Å². The summed E-state index contributed by atoms with van der Waals surface area (Å²) in [7, 11) is 0. The lowest BCUT2D eigenvalue weighted by Gasteiger charge is -2.28. The van der Waals surface area contributed by atoms with Crippen molar-refractivity contribution < 1.29 is 4.79 Å². The number of Topliss-reactive ketones (excluding diaryl/α,β-unsaturated/α-hetero) is 1. The van der Waals surface area contributed by atoms with Crippen molar-refractivity contribution in [2.45, 2.75) is 40.5 Å². The maximum atomic E-state index is 12.7. The number of rotatable bonds is 4. The van der Waals surface area contributed by atoms with Crippen LogP contribution < -0.4 is 5.32 Å². The molecule has 0 saturated carbocycles. The maximum absolute atomic E-state index is 12.7. The second-order valence-electron chi connectivity index (χ2n) is 7.14. The zero-order chi connectivity index (χ0) is 17.5. The molecule has 0 atom stereocenters. The quantitative estimate of drug-likeness (QED) is 0.875. The van der Waals surface area contributed by atoms with Gasteiger partial charge in [0.25, 0.3) is 5.95 Å². The highest BCUT2D eigenvalue weighted by Gasteiger charge is 2.37. The van der Waals surface area contributed by atoms with Gasteiger partial charge < -0.3 is 5.32 Å². The van der Waals surface area contributed by atoms with Crippen molar-refractivity contribution in [1.29, 1.82) is 0 Å². The van der Waals surface area contributed by atoms with E-state index < -0.39 is 0 Å². The molecule has 0 aromatic carbocycles. The van der Waals surface area contributed by atoms with E-state index >= 15 is 0 Å². The predicted octanol–water partition coefficient (Wildman–Crippen LogP) is 3.03. The van der Waals surface area contributed by atoms with Gasteiger partial charge in [-0.2, -0.15) is 0 Å². The number of hydrogen-bond donors (Lipinski definition) is 1. The fourth-order valence-corrected chi connectivity index (χ4v) is 3.21. The molecule has 1 N–H and O–H groups in total. The second-order valence-corrected chi connectivity index (χ2v) is 7.14. The molecule has 0 bridgehead atoms. The zero-order valence-electron chi connectivity index (χ0n) is 14.7. The van der Waals surface area contributed by atoms with Crippen LogP contribution in [0.2, 0.25) is 0 Å². The van der Waals surface area contributed by atoms with Crippen LogP contribution >= 0.6 is 0 Å². The first-order chi connectivity index (χ1) is 11.3. The second kappa shape index (κ2) is 5.85. The Morgan fingerprint density at radius 2 is 1.96 bits per heavy atom. The molecule has 3 rings (SSSR count). The summed E-state index contributed by atoms with van der Waals surface area (Å²) in [4.78, 5) is 21.7. The van der Waals surface area contributed by atoms with E-state index in [1.807, 2.05) is 19.9 Å². The van der Waals surface area contributed by atoms with Gasteiger partial charge in [0, 0.05) is 24.4 Å². The van der Waals surface area contributed by atoms with Crippen LogP contribution in [0.4, 0.5) is 5.82 Å². The molecule has 24 heavy (non-hydrogen) atoms. The van der Waals surface area contributed by atoms with E-state index in [0.717, 1.165) is 23.5 Å². The molecule has 2 aromatic rings. The van der Waals surface area contributed by atoms with Gasteiger partial charge in [0.2, 0.25) is 0 Å².